The summed E-state index contributed by atoms with van der Waals surface area (Å²) in [5.41, 5.74) is 0. The lowest BCUT2D eigenvalue weighted by atomic mass is 10.00. The number of hydrogen-bond acceptors (Lipinski definition) is 7. The summed E-state index contributed by atoms with van der Waals surface area (Å²) in [6, 6.07) is -1.92. The molecule has 3 amide bonds. The third-order valence-corrected chi connectivity index (χ3v) is 5.27. The summed E-state index contributed by atoms with van der Waals surface area (Å²) >= 11 is 0. The number of nitrogens with zero attached hydrogens (tertiary/aromatic N) is 3. The minimum Gasteiger partial charge on any atom is -0.312 e. The average molecular weight is 389 g/mol. The van der Waals surface area contributed by atoms with Crippen LogP contribution < -0.4 is 5.32 Å². The highest BCUT2D eigenvalue weighted by Gasteiger charge is 2.48. The Morgan fingerprint density at radius 3 is 2.62 bits per heavy atom. The number of hydroxylamine groups is 2. The highest BCUT2D eigenvalue weighted by Crippen LogP contribution is 2.30. The van der Waals surface area contributed by atoms with Gasteiger partial charge < -0.3 is 10.2 Å². The van der Waals surface area contributed by atoms with E-state index in [0.29, 0.717) is 17.9 Å². The van der Waals surface area contributed by atoms with Gasteiger partial charge in [0.05, 0.1) is 18.6 Å². The first-order valence-corrected chi connectivity index (χ1v) is 9.98. The summed E-state index contributed by atoms with van der Waals surface area (Å²) in [5, 5.41) is 11.3. The van der Waals surface area contributed by atoms with Crippen LogP contribution in [0, 0.1) is 5.41 Å². The van der Waals surface area contributed by atoms with Crippen LogP contribution in [0.3, 0.4) is 0 Å². The second-order valence-corrected chi connectivity index (χ2v) is 7.81. The second kappa shape index (κ2) is 7.47. The Hall–Kier alpha value is -1.76. The van der Waals surface area contributed by atoms with Crippen molar-refractivity contribution >= 4 is 28.2 Å². The summed E-state index contributed by atoms with van der Waals surface area (Å²) < 4.78 is 34.9. The van der Waals surface area contributed by atoms with Crippen LogP contribution >= 0.6 is 0 Å². The molecule has 0 aromatic rings. The van der Waals surface area contributed by atoms with Gasteiger partial charge in [0.15, 0.2) is 0 Å². The van der Waals surface area contributed by atoms with E-state index in [1.165, 1.54) is 4.90 Å². The van der Waals surface area contributed by atoms with Gasteiger partial charge in [0.2, 0.25) is 5.91 Å². The smallest absolute Gasteiger partial charge is 0.312 e. The van der Waals surface area contributed by atoms with E-state index in [4.69, 9.17) is 9.96 Å². The van der Waals surface area contributed by atoms with Gasteiger partial charge in [-0.3, -0.25) is 19.7 Å². The first kappa shape index (κ1) is 19.0. The van der Waals surface area contributed by atoms with E-state index in [0.717, 1.165) is 32.4 Å². The molecule has 0 unspecified atom stereocenters. The standard InChI is InChI=1S/C14H23N5O6S/c15-13(16-12(20)9-17-6-2-1-3-7-17)11-5-4-10-8-18(11)14(21)19(10)25-26(22,23)24/h10-11H,1-9H2,(H2,15,16,20)(H,22,23,24)/t10-,11+/m1/s1. The summed E-state index contributed by atoms with van der Waals surface area (Å²) in [6.45, 7) is 2.10. The lowest BCUT2D eigenvalue weighted by Gasteiger charge is -2.31. The Morgan fingerprint density at radius 1 is 1.27 bits per heavy atom. The second-order valence-electron chi connectivity index (χ2n) is 6.81. The van der Waals surface area contributed by atoms with E-state index in [2.05, 4.69) is 9.60 Å². The van der Waals surface area contributed by atoms with E-state index >= 15 is 0 Å². The lowest BCUT2D eigenvalue weighted by Crippen LogP contribution is -2.52. The number of carbonyl (C=O) groups is 2. The van der Waals surface area contributed by atoms with E-state index in [-0.39, 0.29) is 24.8 Å². The third kappa shape index (κ3) is 4.31. The summed E-state index contributed by atoms with van der Waals surface area (Å²) in [7, 11) is -4.80. The molecule has 3 rings (SSSR count). The normalized spacial score (nSPS) is 26.9. The Morgan fingerprint density at radius 2 is 1.96 bits per heavy atom. The lowest BCUT2D eigenvalue weighted by molar-refractivity contribution is -0.121. The number of urea groups is 1. The predicted octanol–water partition coefficient (Wildman–Crippen LogP) is -0.431. The zero-order valence-corrected chi connectivity index (χ0v) is 15.1. The van der Waals surface area contributed by atoms with Crippen molar-refractivity contribution in [1.82, 2.24) is 20.2 Å². The zero-order chi connectivity index (χ0) is 18.9. The fourth-order valence-electron chi connectivity index (χ4n) is 3.73. The zero-order valence-electron chi connectivity index (χ0n) is 14.3. The maximum Gasteiger partial charge on any atom is 0.418 e. The monoisotopic (exact) mass is 389 g/mol. The summed E-state index contributed by atoms with van der Waals surface area (Å²) in [5.74, 6) is -0.385. The quantitative estimate of drug-likeness (QED) is 0.329. The predicted molar refractivity (Wildman–Crippen MR) is 89.5 cm³/mol. The van der Waals surface area contributed by atoms with Crippen molar-refractivity contribution in [2.75, 3.05) is 26.2 Å². The minimum absolute atomic E-state index is 0.0903. The molecule has 26 heavy (non-hydrogen) atoms. The fourth-order valence-corrected chi connectivity index (χ4v) is 4.11. The molecular formula is C14H23N5O6S. The molecule has 2 atom stereocenters. The SMILES string of the molecule is N=C(NC(=O)CN1CCCCC1)[C@@H]1CC[C@@H]2CN1C(=O)N2OS(=O)(=O)O. The van der Waals surface area contributed by atoms with Crippen LogP contribution in [0.5, 0.6) is 0 Å². The topological polar surface area (TPSA) is 143 Å². The molecule has 0 aromatic heterocycles. The van der Waals surface area contributed by atoms with Gasteiger partial charge in [-0.05, 0) is 38.8 Å². The minimum atomic E-state index is -4.80. The molecular weight excluding hydrogens is 366 g/mol. The molecule has 0 aliphatic carbocycles. The van der Waals surface area contributed by atoms with Crippen LogP contribution in [0.4, 0.5) is 4.79 Å². The van der Waals surface area contributed by atoms with Crippen LogP contribution in [0.1, 0.15) is 32.1 Å². The molecule has 3 aliphatic heterocycles. The molecule has 3 aliphatic rings. The number of likely N-dealkylation sites (tertiary alicyclic amines) is 1. The van der Waals surface area contributed by atoms with Crippen LogP contribution in [0.2, 0.25) is 0 Å². The molecule has 2 bridgehead atoms. The van der Waals surface area contributed by atoms with Crippen molar-refractivity contribution in [2.24, 2.45) is 0 Å². The van der Waals surface area contributed by atoms with Gasteiger partial charge in [0.1, 0.15) is 5.84 Å². The van der Waals surface area contributed by atoms with Crippen LogP contribution in [0.25, 0.3) is 0 Å². The van der Waals surface area contributed by atoms with Gasteiger partial charge in [0.25, 0.3) is 0 Å². The number of amides is 3. The third-order valence-electron chi connectivity index (χ3n) is 4.92. The molecule has 0 radical (unpaired) electrons. The number of hydrogen-bond donors (Lipinski definition) is 3. The molecule has 146 valence electrons. The van der Waals surface area contributed by atoms with E-state index < -0.39 is 28.5 Å². The number of fused-ring (bicyclic) bond motifs is 2. The van der Waals surface area contributed by atoms with Crippen molar-refractivity contribution in [3.63, 3.8) is 0 Å². The molecule has 3 fully saturated rings. The molecule has 3 saturated heterocycles. The molecule has 0 saturated carbocycles. The van der Waals surface area contributed by atoms with Gasteiger partial charge in [-0.15, -0.1) is 4.28 Å². The number of rotatable bonds is 5. The van der Waals surface area contributed by atoms with Crippen molar-refractivity contribution < 1.29 is 26.8 Å². The first-order valence-electron chi connectivity index (χ1n) is 8.62. The molecule has 0 aromatic carbocycles. The highest BCUT2D eigenvalue weighted by atomic mass is 32.3. The molecule has 3 N–H and O–H groups in total. The van der Waals surface area contributed by atoms with Crippen molar-refractivity contribution in [1.29, 1.82) is 5.41 Å². The molecule has 3 heterocycles. The summed E-state index contributed by atoms with van der Waals surface area (Å²) in [6.07, 6.45) is 4.06. The van der Waals surface area contributed by atoms with Crippen LogP contribution in [0.15, 0.2) is 0 Å². The summed E-state index contributed by atoms with van der Waals surface area (Å²) in [4.78, 5) is 27.8. The molecule has 12 heteroatoms. The Bertz CT molecular complexity index is 692. The van der Waals surface area contributed by atoms with E-state index in [9.17, 15) is 18.0 Å². The Balaban J connectivity index is 1.57. The van der Waals surface area contributed by atoms with Gasteiger partial charge >= 0.3 is 16.4 Å². The number of carbonyl (C=O) groups excluding carboxylic acids is 2. The van der Waals surface area contributed by atoms with Gasteiger partial charge in [0, 0.05) is 6.54 Å². The molecule has 11 nitrogen and oxygen atoms in total. The average Bonchev–Trinajstić information content (AvgIpc) is 2.79. The Labute approximate surface area is 151 Å². The van der Waals surface area contributed by atoms with Crippen LogP contribution in [-0.2, 0) is 19.5 Å². The van der Waals surface area contributed by atoms with Gasteiger partial charge in [-0.1, -0.05) is 6.42 Å². The first-order chi connectivity index (χ1) is 12.2. The number of nitrogens with one attached hydrogen (secondary N) is 2. The van der Waals surface area contributed by atoms with Crippen molar-refractivity contribution in [3.8, 4) is 0 Å². The maximum absolute atomic E-state index is 12.3. The Kier molecular flexibility index (Phi) is 5.46. The van der Waals surface area contributed by atoms with Crippen LogP contribution in [-0.4, -0.2) is 83.9 Å². The molecule has 0 spiro atoms. The van der Waals surface area contributed by atoms with E-state index in [1.54, 1.807) is 0 Å². The van der Waals surface area contributed by atoms with Crippen molar-refractivity contribution in [2.45, 2.75) is 44.2 Å². The maximum atomic E-state index is 12.3. The van der Waals surface area contributed by atoms with E-state index in [1.807, 2.05) is 4.90 Å². The van der Waals surface area contributed by atoms with Crippen molar-refractivity contribution in [3.05, 3.63) is 0 Å². The van der Waals surface area contributed by atoms with Gasteiger partial charge in [-0.2, -0.15) is 13.5 Å². The number of piperidine rings is 2. The highest BCUT2D eigenvalue weighted by molar-refractivity contribution is 7.80. The fraction of sp³-hybridized carbons (Fsp3) is 0.786. The largest absolute Gasteiger partial charge is 0.418 e. The number of amidine groups is 1. The van der Waals surface area contributed by atoms with Gasteiger partial charge in [-0.25, -0.2) is 4.79 Å².